The molecule has 0 spiro atoms. The van der Waals surface area contributed by atoms with Crippen LogP contribution >= 0.6 is 0 Å². The number of anilines is 1. The molecular weight excluding hydrogens is 242 g/mol. The van der Waals surface area contributed by atoms with Crippen LogP contribution in [0.3, 0.4) is 0 Å². The number of hydrogen-bond donors (Lipinski definition) is 1. The van der Waals surface area contributed by atoms with Crippen LogP contribution in [0.2, 0.25) is 0 Å². The second-order valence-electron chi connectivity index (χ2n) is 4.80. The summed E-state index contributed by atoms with van der Waals surface area (Å²) < 4.78 is 3.60. The maximum atomic E-state index is 11.8. The number of amides is 1. The van der Waals surface area contributed by atoms with Crippen molar-refractivity contribution in [3.8, 4) is 0 Å². The minimum absolute atomic E-state index is 0.00972. The summed E-state index contributed by atoms with van der Waals surface area (Å²) >= 11 is 0. The van der Waals surface area contributed by atoms with E-state index in [1.807, 2.05) is 37.8 Å². The van der Waals surface area contributed by atoms with Crippen molar-refractivity contribution < 1.29 is 4.79 Å². The first-order valence-electron chi connectivity index (χ1n) is 6.37. The van der Waals surface area contributed by atoms with Gasteiger partial charge in [0.15, 0.2) is 0 Å². The zero-order chi connectivity index (χ0) is 13.8. The molecular formula is C13H19N5O. The molecule has 0 aliphatic rings. The topological polar surface area (TPSA) is 64.7 Å². The smallest absolute Gasteiger partial charge is 0.224 e. The van der Waals surface area contributed by atoms with Crippen LogP contribution in [0.25, 0.3) is 0 Å². The summed E-state index contributed by atoms with van der Waals surface area (Å²) in [6.07, 6.45) is 6.36. The van der Waals surface area contributed by atoms with E-state index >= 15 is 0 Å². The second kappa shape index (κ2) is 5.69. The van der Waals surface area contributed by atoms with Crippen LogP contribution < -0.4 is 5.32 Å². The highest BCUT2D eigenvalue weighted by molar-refractivity contribution is 5.90. The van der Waals surface area contributed by atoms with Gasteiger partial charge in [-0.25, -0.2) is 0 Å². The maximum Gasteiger partial charge on any atom is 0.224 e. The van der Waals surface area contributed by atoms with Gasteiger partial charge in [0, 0.05) is 37.6 Å². The molecule has 2 aromatic heterocycles. The zero-order valence-electron chi connectivity index (χ0n) is 11.5. The average Bonchev–Trinajstić information content (AvgIpc) is 2.96. The van der Waals surface area contributed by atoms with Crippen LogP contribution in [0.1, 0.15) is 32.0 Å². The van der Waals surface area contributed by atoms with Gasteiger partial charge >= 0.3 is 0 Å². The van der Waals surface area contributed by atoms with Gasteiger partial charge in [0.2, 0.25) is 5.91 Å². The zero-order valence-corrected chi connectivity index (χ0v) is 11.5. The standard InChI is InChI=1S/C13H19N5O/c1-10(2)18-9-11(8-15-18)16-13(19)5-4-12-6-7-14-17(12)3/h6-10H,4-5H2,1-3H3,(H,16,19). The van der Waals surface area contributed by atoms with E-state index in [1.54, 1.807) is 17.1 Å². The minimum Gasteiger partial charge on any atom is -0.323 e. The Kier molecular flexibility index (Phi) is 3.99. The molecule has 6 nitrogen and oxygen atoms in total. The van der Waals surface area contributed by atoms with E-state index in [4.69, 9.17) is 0 Å². The van der Waals surface area contributed by atoms with Crippen molar-refractivity contribution in [3.63, 3.8) is 0 Å². The molecule has 1 amide bonds. The highest BCUT2D eigenvalue weighted by Gasteiger charge is 2.07. The van der Waals surface area contributed by atoms with Crippen molar-refractivity contribution in [2.75, 3.05) is 5.32 Å². The Morgan fingerprint density at radius 2 is 2.21 bits per heavy atom. The number of hydrogen-bond acceptors (Lipinski definition) is 3. The van der Waals surface area contributed by atoms with Crippen LogP contribution in [0, 0.1) is 0 Å². The monoisotopic (exact) mass is 261 g/mol. The summed E-state index contributed by atoms with van der Waals surface area (Å²) in [4.78, 5) is 11.8. The normalized spacial score (nSPS) is 10.9. The van der Waals surface area contributed by atoms with E-state index in [0.717, 1.165) is 11.4 Å². The molecule has 0 radical (unpaired) electrons. The number of carbonyl (C=O) groups excluding carboxylic acids is 1. The van der Waals surface area contributed by atoms with Crippen molar-refractivity contribution in [1.82, 2.24) is 19.6 Å². The molecule has 0 saturated heterocycles. The summed E-state index contributed by atoms with van der Waals surface area (Å²) in [5.41, 5.74) is 1.79. The lowest BCUT2D eigenvalue weighted by molar-refractivity contribution is -0.116. The van der Waals surface area contributed by atoms with Crippen molar-refractivity contribution in [2.24, 2.45) is 7.05 Å². The van der Waals surface area contributed by atoms with Crippen LogP contribution in [0.5, 0.6) is 0 Å². The molecule has 0 aliphatic carbocycles. The number of nitrogens with zero attached hydrogens (tertiary/aromatic N) is 4. The molecule has 0 aromatic carbocycles. The van der Waals surface area contributed by atoms with Crippen molar-refractivity contribution in [3.05, 3.63) is 30.4 Å². The number of aromatic nitrogens is 4. The second-order valence-corrected chi connectivity index (χ2v) is 4.80. The fraction of sp³-hybridized carbons (Fsp3) is 0.462. The average molecular weight is 261 g/mol. The predicted molar refractivity (Wildman–Crippen MR) is 72.8 cm³/mol. The molecule has 0 fully saturated rings. The van der Waals surface area contributed by atoms with Gasteiger partial charge in [0.05, 0.1) is 11.9 Å². The van der Waals surface area contributed by atoms with Gasteiger partial charge in [-0.15, -0.1) is 0 Å². The van der Waals surface area contributed by atoms with Gasteiger partial charge in [0.1, 0.15) is 0 Å². The van der Waals surface area contributed by atoms with Crippen LogP contribution in [0.4, 0.5) is 5.69 Å². The molecule has 0 aliphatic heterocycles. The van der Waals surface area contributed by atoms with Crippen LogP contribution in [-0.2, 0) is 18.3 Å². The minimum atomic E-state index is -0.00972. The van der Waals surface area contributed by atoms with Crippen molar-refractivity contribution >= 4 is 11.6 Å². The summed E-state index contributed by atoms with van der Waals surface area (Å²) in [5.74, 6) is -0.00972. The van der Waals surface area contributed by atoms with Crippen LogP contribution in [0.15, 0.2) is 24.7 Å². The predicted octanol–water partition coefficient (Wildman–Crippen LogP) is 1.77. The van der Waals surface area contributed by atoms with Gasteiger partial charge < -0.3 is 5.32 Å². The first-order valence-corrected chi connectivity index (χ1v) is 6.37. The van der Waals surface area contributed by atoms with Gasteiger partial charge in [0.25, 0.3) is 0 Å². The Balaban J connectivity index is 1.85. The fourth-order valence-corrected chi connectivity index (χ4v) is 1.80. The lowest BCUT2D eigenvalue weighted by Gasteiger charge is -2.04. The van der Waals surface area contributed by atoms with E-state index in [2.05, 4.69) is 15.5 Å². The summed E-state index contributed by atoms with van der Waals surface area (Å²) in [7, 11) is 1.87. The molecule has 2 aromatic rings. The maximum absolute atomic E-state index is 11.8. The van der Waals surface area contributed by atoms with E-state index in [1.165, 1.54) is 0 Å². The summed E-state index contributed by atoms with van der Waals surface area (Å²) in [6.45, 7) is 4.09. The molecule has 1 N–H and O–H groups in total. The lowest BCUT2D eigenvalue weighted by atomic mass is 10.2. The Labute approximate surface area is 112 Å². The summed E-state index contributed by atoms with van der Waals surface area (Å²) in [6, 6.07) is 2.21. The molecule has 6 heteroatoms. The Bertz CT molecular complexity index is 555. The Hall–Kier alpha value is -2.11. The number of carbonyl (C=O) groups is 1. The Morgan fingerprint density at radius 3 is 2.79 bits per heavy atom. The van der Waals surface area contributed by atoms with Gasteiger partial charge in [-0.2, -0.15) is 10.2 Å². The summed E-state index contributed by atoms with van der Waals surface area (Å²) in [5, 5.41) is 11.1. The van der Waals surface area contributed by atoms with Gasteiger partial charge in [-0.3, -0.25) is 14.2 Å². The molecule has 0 saturated carbocycles. The highest BCUT2D eigenvalue weighted by Crippen LogP contribution is 2.10. The first kappa shape index (κ1) is 13.3. The van der Waals surface area contributed by atoms with Crippen LogP contribution in [-0.4, -0.2) is 25.5 Å². The van der Waals surface area contributed by atoms with E-state index < -0.39 is 0 Å². The largest absolute Gasteiger partial charge is 0.323 e. The molecule has 2 rings (SSSR count). The fourth-order valence-electron chi connectivity index (χ4n) is 1.80. The number of rotatable bonds is 5. The third kappa shape index (κ3) is 3.43. The number of nitrogens with one attached hydrogen (secondary N) is 1. The van der Waals surface area contributed by atoms with Crippen molar-refractivity contribution in [2.45, 2.75) is 32.7 Å². The molecule has 0 unspecified atom stereocenters. The molecule has 0 bridgehead atoms. The van der Waals surface area contributed by atoms with E-state index in [9.17, 15) is 4.79 Å². The van der Waals surface area contributed by atoms with Crippen molar-refractivity contribution in [1.29, 1.82) is 0 Å². The molecule has 19 heavy (non-hydrogen) atoms. The SMILES string of the molecule is CC(C)n1cc(NC(=O)CCc2ccnn2C)cn1. The molecule has 2 heterocycles. The van der Waals surface area contributed by atoms with E-state index in [-0.39, 0.29) is 5.91 Å². The first-order chi connectivity index (χ1) is 9.06. The number of aryl methyl sites for hydroxylation is 2. The third-order valence-corrected chi connectivity index (χ3v) is 2.95. The quantitative estimate of drug-likeness (QED) is 0.892. The van der Waals surface area contributed by atoms with Gasteiger partial charge in [-0.05, 0) is 26.3 Å². The lowest BCUT2D eigenvalue weighted by Crippen LogP contribution is -2.13. The Morgan fingerprint density at radius 1 is 1.42 bits per heavy atom. The highest BCUT2D eigenvalue weighted by atomic mass is 16.1. The third-order valence-electron chi connectivity index (χ3n) is 2.95. The molecule has 0 atom stereocenters. The van der Waals surface area contributed by atoms with E-state index in [0.29, 0.717) is 18.9 Å². The van der Waals surface area contributed by atoms with Gasteiger partial charge in [-0.1, -0.05) is 0 Å². The molecule has 102 valence electrons.